The van der Waals surface area contributed by atoms with Crippen LogP contribution in [0.15, 0.2) is 71.6 Å². The highest BCUT2D eigenvalue weighted by Crippen LogP contribution is 2.32. The summed E-state index contributed by atoms with van der Waals surface area (Å²) in [5.41, 5.74) is 4.20. The molecule has 1 atom stereocenters. The fourth-order valence-electron chi connectivity index (χ4n) is 6.95. The Bertz CT molecular complexity index is 1930. The van der Waals surface area contributed by atoms with Crippen molar-refractivity contribution in [1.29, 1.82) is 0 Å². The molecule has 258 valence electrons. The fourth-order valence-corrected chi connectivity index (χ4v) is 7.94. The number of aromatic nitrogens is 3. The number of hydrogen-bond acceptors (Lipinski definition) is 8. The van der Waals surface area contributed by atoms with Gasteiger partial charge in [0.25, 0.3) is 15.9 Å². The van der Waals surface area contributed by atoms with Gasteiger partial charge in [0.15, 0.2) is 0 Å². The minimum absolute atomic E-state index is 0.0632. The number of ether oxygens (including phenoxy) is 1. The van der Waals surface area contributed by atoms with Crippen molar-refractivity contribution < 1.29 is 17.9 Å². The molecule has 6 rings (SSSR count). The maximum absolute atomic E-state index is 14.5. The average molecular weight is 683 g/mol. The number of nitrogens with zero attached hydrogens (tertiary/aromatic N) is 5. The first-order valence-electron chi connectivity index (χ1n) is 17.0. The van der Waals surface area contributed by atoms with Gasteiger partial charge in [-0.1, -0.05) is 63.9 Å². The molecule has 2 aromatic carbocycles. The Morgan fingerprint density at radius 2 is 1.63 bits per heavy atom. The molecule has 1 saturated carbocycles. The molecule has 0 unspecified atom stereocenters. The smallest absolute Gasteiger partial charge is 0.264 e. The van der Waals surface area contributed by atoms with Gasteiger partial charge in [-0.15, -0.1) is 0 Å². The molecule has 3 heterocycles. The van der Waals surface area contributed by atoms with Gasteiger partial charge in [0.05, 0.1) is 28.9 Å². The van der Waals surface area contributed by atoms with E-state index in [9.17, 15) is 13.2 Å². The molecule has 1 N–H and O–H groups in total. The van der Waals surface area contributed by atoms with Crippen molar-refractivity contribution >= 4 is 27.7 Å². The molecule has 0 saturated heterocycles. The van der Waals surface area contributed by atoms with Crippen molar-refractivity contribution in [1.82, 2.24) is 19.9 Å². The Labute approximate surface area is 290 Å². The molecular formula is C38H46N6O4S. The zero-order valence-electron chi connectivity index (χ0n) is 29.2. The van der Waals surface area contributed by atoms with Gasteiger partial charge in [0.1, 0.15) is 12.4 Å². The molecule has 2 aliphatic rings. The number of rotatable bonds is 6. The van der Waals surface area contributed by atoms with Crippen molar-refractivity contribution in [2.75, 3.05) is 23.3 Å². The van der Waals surface area contributed by atoms with E-state index < -0.39 is 16.1 Å². The summed E-state index contributed by atoms with van der Waals surface area (Å²) in [6.45, 7) is 10.7. The van der Waals surface area contributed by atoms with E-state index in [0.29, 0.717) is 18.2 Å². The number of carbonyl (C=O) groups is 1. The molecule has 0 radical (unpaired) electrons. The summed E-state index contributed by atoms with van der Waals surface area (Å²) < 4.78 is 36.4. The highest BCUT2D eigenvalue weighted by atomic mass is 32.2. The minimum atomic E-state index is -4.16. The monoisotopic (exact) mass is 682 g/mol. The Balaban J connectivity index is 1.45. The van der Waals surface area contributed by atoms with Crippen molar-refractivity contribution in [2.45, 2.75) is 90.2 Å². The lowest BCUT2D eigenvalue weighted by Gasteiger charge is -2.36. The third-order valence-electron chi connectivity index (χ3n) is 9.39. The first-order valence-corrected chi connectivity index (χ1v) is 18.5. The molecule has 49 heavy (non-hydrogen) atoms. The average Bonchev–Trinajstić information content (AvgIpc) is 3.59. The number of carbonyl (C=O) groups excluding carboxylic acids is 1. The Morgan fingerprint density at radius 1 is 0.939 bits per heavy atom. The first kappa shape index (κ1) is 34.4. The van der Waals surface area contributed by atoms with E-state index in [1.807, 2.05) is 50.2 Å². The van der Waals surface area contributed by atoms with Gasteiger partial charge in [-0.3, -0.25) is 4.79 Å². The summed E-state index contributed by atoms with van der Waals surface area (Å²) in [5, 5.41) is 0. The van der Waals surface area contributed by atoms with E-state index in [-0.39, 0.29) is 46.8 Å². The molecule has 0 spiro atoms. The Kier molecular flexibility index (Phi) is 9.66. The third kappa shape index (κ3) is 7.88. The molecule has 11 heteroatoms. The van der Waals surface area contributed by atoms with Gasteiger partial charge in [0.2, 0.25) is 11.8 Å². The number of nitrogens with one attached hydrogen (secondary N) is 1. The lowest BCUT2D eigenvalue weighted by molar-refractivity contribution is 0.0509. The second-order valence-electron chi connectivity index (χ2n) is 14.5. The van der Waals surface area contributed by atoms with Crippen LogP contribution in [0.1, 0.15) is 80.1 Å². The van der Waals surface area contributed by atoms with Gasteiger partial charge < -0.3 is 14.5 Å². The number of amides is 1. The lowest BCUT2D eigenvalue weighted by Crippen LogP contribution is -2.45. The number of sulfonamides is 1. The van der Waals surface area contributed by atoms with E-state index in [2.05, 4.69) is 47.4 Å². The van der Waals surface area contributed by atoms with Gasteiger partial charge >= 0.3 is 0 Å². The summed E-state index contributed by atoms with van der Waals surface area (Å²) >= 11 is 0. The Hall–Kier alpha value is -4.51. The number of aryl methyl sites for hydroxylation is 2. The summed E-state index contributed by atoms with van der Waals surface area (Å²) in [5.74, 6) is 0.668. The molecule has 10 nitrogen and oxygen atoms in total. The van der Waals surface area contributed by atoms with Gasteiger partial charge in [-0.2, -0.15) is 4.98 Å². The lowest BCUT2D eigenvalue weighted by atomic mass is 9.87. The predicted molar refractivity (Wildman–Crippen MR) is 192 cm³/mol. The van der Waals surface area contributed by atoms with E-state index >= 15 is 0 Å². The molecular weight excluding hydrogens is 637 g/mol. The van der Waals surface area contributed by atoms with Crippen molar-refractivity contribution in [2.24, 2.45) is 5.41 Å². The zero-order valence-corrected chi connectivity index (χ0v) is 30.0. The van der Waals surface area contributed by atoms with Crippen LogP contribution < -0.4 is 14.4 Å². The number of hydrogen-bond donors (Lipinski definition) is 1. The topological polar surface area (TPSA) is 118 Å². The highest BCUT2D eigenvalue weighted by Gasteiger charge is 2.32. The molecule has 2 aromatic heterocycles. The normalized spacial score (nSPS) is 18.1. The number of benzene rings is 2. The largest absolute Gasteiger partial charge is 0.475 e. The van der Waals surface area contributed by atoms with Crippen LogP contribution in [-0.4, -0.2) is 59.9 Å². The van der Waals surface area contributed by atoms with Crippen LogP contribution in [0.2, 0.25) is 0 Å². The standard InChI is InChI=1S/C38H46N6O4S/c1-25-12-9-13-26(2)35(25)32-21-34-41-37(40-32)42-49(46,47)31-18-10-14-27(20-31)36(45)44(30(24-48-34)22-38(3,4)5)23-28-15-11-19-33(39-28)43(6)29-16-7-8-17-29/h9-15,18-21,29-30H,7-8,16-17,22-24H2,1-6H3,(H,40,41,42)/t30-/m1/s1. The van der Waals surface area contributed by atoms with E-state index in [1.165, 1.54) is 25.0 Å². The van der Waals surface area contributed by atoms with Crippen molar-refractivity contribution in [3.05, 3.63) is 89.1 Å². The first-order chi connectivity index (χ1) is 23.3. The maximum atomic E-state index is 14.5. The predicted octanol–water partition coefficient (Wildman–Crippen LogP) is 7.17. The van der Waals surface area contributed by atoms with Crippen LogP contribution in [0.5, 0.6) is 5.88 Å². The van der Waals surface area contributed by atoms with Crippen LogP contribution in [0.4, 0.5) is 11.8 Å². The number of anilines is 2. The van der Waals surface area contributed by atoms with Gasteiger partial charge in [-0.05, 0) is 80.0 Å². The molecule has 1 amide bonds. The van der Waals surface area contributed by atoms with Crippen LogP contribution in [0.3, 0.4) is 0 Å². The van der Waals surface area contributed by atoms with E-state index in [4.69, 9.17) is 9.72 Å². The van der Waals surface area contributed by atoms with E-state index in [0.717, 1.165) is 41.0 Å². The summed E-state index contributed by atoms with van der Waals surface area (Å²) in [4.78, 5) is 32.6. The maximum Gasteiger partial charge on any atom is 0.264 e. The molecule has 1 aliphatic carbocycles. The number of fused-ring (bicyclic) bond motifs is 4. The molecule has 1 aliphatic heterocycles. The number of pyridine rings is 1. The minimum Gasteiger partial charge on any atom is -0.475 e. The molecule has 4 bridgehead atoms. The third-order valence-corrected chi connectivity index (χ3v) is 10.7. The summed E-state index contributed by atoms with van der Waals surface area (Å²) in [6.07, 6.45) is 5.33. The van der Waals surface area contributed by atoms with Crippen LogP contribution in [0, 0.1) is 19.3 Å². The molecule has 1 fully saturated rings. The Morgan fingerprint density at radius 3 is 2.35 bits per heavy atom. The highest BCUT2D eigenvalue weighted by molar-refractivity contribution is 7.92. The summed E-state index contributed by atoms with van der Waals surface area (Å²) in [6, 6.07) is 19.8. The van der Waals surface area contributed by atoms with Gasteiger partial charge in [0, 0.05) is 30.3 Å². The van der Waals surface area contributed by atoms with Gasteiger partial charge in [-0.25, -0.2) is 23.1 Å². The van der Waals surface area contributed by atoms with Crippen LogP contribution in [0.25, 0.3) is 11.3 Å². The quantitative estimate of drug-likeness (QED) is 0.227. The molecule has 4 aromatic rings. The second-order valence-corrected chi connectivity index (χ2v) is 16.2. The van der Waals surface area contributed by atoms with Crippen LogP contribution in [-0.2, 0) is 16.6 Å². The van der Waals surface area contributed by atoms with Crippen LogP contribution >= 0.6 is 0 Å². The van der Waals surface area contributed by atoms with Crippen molar-refractivity contribution in [3.8, 4) is 17.1 Å². The summed E-state index contributed by atoms with van der Waals surface area (Å²) in [7, 11) is -2.07. The second kappa shape index (κ2) is 13.8. The van der Waals surface area contributed by atoms with Crippen molar-refractivity contribution in [3.63, 3.8) is 0 Å². The SMILES string of the molecule is Cc1cccc(C)c1-c1cc2nc(n1)NS(=O)(=O)c1cccc(c1)C(=O)N(Cc1cccc(N(C)C3CCCC3)n1)[C@H](CC(C)(C)C)CO2. The zero-order chi connectivity index (χ0) is 34.9. The van der Waals surface area contributed by atoms with E-state index in [1.54, 1.807) is 23.1 Å². The fraction of sp³-hybridized carbons (Fsp3) is 0.421.